The molecule has 1 aromatic carbocycles. The normalized spacial score (nSPS) is 13.7. The van der Waals surface area contributed by atoms with Gasteiger partial charge in [-0.05, 0) is 31.5 Å². The van der Waals surface area contributed by atoms with Crippen LogP contribution in [0.25, 0.3) is 0 Å². The van der Waals surface area contributed by atoms with Crippen LogP contribution < -0.4 is 0 Å². The van der Waals surface area contributed by atoms with Crippen LogP contribution >= 0.6 is 12.2 Å². The average Bonchev–Trinajstić information content (AvgIpc) is 2.39. The van der Waals surface area contributed by atoms with Gasteiger partial charge in [-0.2, -0.15) is 18.4 Å². The van der Waals surface area contributed by atoms with E-state index in [1.54, 1.807) is 6.92 Å². The van der Waals surface area contributed by atoms with Crippen molar-refractivity contribution in [3.8, 4) is 6.07 Å². The van der Waals surface area contributed by atoms with Crippen molar-refractivity contribution in [1.29, 1.82) is 5.26 Å². The predicted molar refractivity (Wildman–Crippen MR) is 75.9 cm³/mol. The zero-order valence-electron chi connectivity index (χ0n) is 11.0. The highest BCUT2D eigenvalue weighted by Crippen LogP contribution is 2.29. The van der Waals surface area contributed by atoms with Crippen molar-refractivity contribution in [3.63, 3.8) is 0 Å². The largest absolute Gasteiger partial charge is 0.416 e. The van der Waals surface area contributed by atoms with Gasteiger partial charge in [0.05, 0.1) is 11.6 Å². The van der Waals surface area contributed by atoms with Gasteiger partial charge < -0.3 is 0 Å². The van der Waals surface area contributed by atoms with Crippen LogP contribution in [0.4, 0.5) is 13.2 Å². The minimum absolute atomic E-state index is 0.288. The van der Waals surface area contributed by atoms with Crippen molar-refractivity contribution in [2.24, 2.45) is 10.9 Å². The van der Waals surface area contributed by atoms with Crippen LogP contribution in [0.1, 0.15) is 25.0 Å². The van der Waals surface area contributed by atoms with E-state index >= 15 is 0 Å². The number of hydrogen-bond acceptors (Lipinski definition) is 3. The lowest BCUT2D eigenvalue weighted by Gasteiger charge is -2.12. The molecule has 0 bridgehead atoms. The number of alkyl halides is 3. The molecule has 1 unspecified atom stereocenters. The minimum Gasteiger partial charge on any atom is -0.293 e. The van der Waals surface area contributed by atoms with Crippen molar-refractivity contribution >= 4 is 22.8 Å². The Hall–Kier alpha value is -1.74. The summed E-state index contributed by atoms with van der Waals surface area (Å²) in [4.78, 5) is 4.41. The van der Waals surface area contributed by atoms with Crippen LogP contribution in [0.2, 0.25) is 0 Å². The SMILES string of the molecule is CCN=C(C)C(C#N)C(=S)c1ccc(C(F)(F)F)cc1. The van der Waals surface area contributed by atoms with Crippen LogP contribution in [0.5, 0.6) is 0 Å². The summed E-state index contributed by atoms with van der Waals surface area (Å²) >= 11 is 5.18. The summed E-state index contributed by atoms with van der Waals surface area (Å²) in [5, 5.41) is 9.14. The molecule has 0 fully saturated rings. The molecule has 20 heavy (non-hydrogen) atoms. The van der Waals surface area contributed by atoms with Gasteiger partial charge in [-0.15, -0.1) is 0 Å². The second-order valence-electron chi connectivity index (χ2n) is 4.12. The zero-order chi connectivity index (χ0) is 15.3. The first-order chi connectivity index (χ1) is 9.31. The first kappa shape index (κ1) is 16.3. The summed E-state index contributed by atoms with van der Waals surface area (Å²) in [5.41, 5.74) is 0.265. The number of aliphatic imine (C=N–C) groups is 1. The van der Waals surface area contributed by atoms with Crippen LogP contribution in [0, 0.1) is 17.2 Å². The van der Waals surface area contributed by atoms with E-state index in [-0.39, 0.29) is 4.86 Å². The van der Waals surface area contributed by atoms with Gasteiger partial charge in [0.2, 0.25) is 0 Å². The van der Waals surface area contributed by atoms with Gasteiger partial charge in [-0.1, -0.05) is 24.4 Å². The monoisotopic (exact) mass is 298 g/mol. The van der Waals surface area contributed by atoms with Crippen molar-refractivity contribution < 1.29 is 13.2 Å². The molecule has 0 saturated carbocycles. The van der Waals surface area contributed by atoms with Crippen LogP contribution in [-0.4, -0.2) is 17.1 Å². The first-order valence-corrected chi connectivity index (χ1v) is 6.34. The molecule has 1 rings (SSSR count). The topological polar surface area (TPSA) is 36.1 Å². The van der Waals surface area contributed by atoms with Crippen molar-refractivity contribution in [1.82, 2.24) is 0 Å². The van der Waals surface area contributed by atoms with E-state index in [0.717, 1.165) is 12.1 Å². The molecule has 1 atom stereocenters. The fraction of sp³-hybridized carbons (Fsp3) is 0.357. The first-order valence-electron chi connectivity index (χ1n) is 5.93. The summed E-state index contributed by atoms with van der Waals surface area (Å²) in [5.74, 6) is -0.693. The van der Waals surface area contributed by atoms with E-state index in [0.29, 0.717) is 17.8 Å². The van der Waals surface area contributed by atoms with Gasteiger partial charge in [-0.3, -0.25) is 4.99 Å². The third-order valence-electron chi connectivity index (χ3n) is 2.71. The summed E-state index contributed by atoms with van der Waals surface area (Å²) in [6.07, 6.45) is -4.38. The maximum atomic E-state index is 12.5. The molecular weight excluding hydrogens is 285 g/mol. The smallest absolute Gasteiger partial charge is 0.293 e. The van der Waals surface area contributed by atoms with E-state index in [1.165, 1.54) is 12.1 Å². The number of nitriles is 1. The maximum Gasteiger partial charge on any atom is 0.416 e. The quantitative estimate of drug-likeness (QED) is 0.478. The highest BCUT2D eigenvalue weighted by molar-refractivity contribution is 7.81. The van der Waals surface area contributed by atoms with Gasteiger partial charge in [0, 0.05) is 17.1 Å². The van der Waals surface area contributed by atoms with Gasteiger partial charge in [0.15, 0.2) is 0 Å². The molecule has 0 aliphatic rings. The average molecular weight is 298 g/mol. The molecule has 6 heteroatoms. The lowest BCUT2D eigenvalue weighted by molar-refractivity contribution is -0.137. The number of rotatable bonds is 4. The molecule has 0 amide bonds. The van der Waals surface area contributed by atoms with Gasteiger partial charge >= 0.3 is 6.18 Å². The summed E-state index contributed by atoms with van der Waals surface area (Å²) < 4.78 is 37.4. The maximum absolute atomic E-state index is 12.5. The number of thiocarbonyl (C=S) groups is 1. The fourth-order valence-electron chi connectivity index (χ4n) is 1.67. The molecule has 2 nitrogen and oxygen atoms in total. The van der Waals surface area contributed by atoms with Gasteiger partial charge in [0.25, 0.3) is 0 Å². The highest BCUT2D eigenvalue weighted by Gasteiger charge is 2.30. The molecule has 0 aliphatic heterocycles. The van der Waals surface area contributed by atoms with E-state index < -0.39 is 17.7 Å². The summed E-state index contributed by atoms with van der Waals surface area (Å²) in [7, 11) is 0. The predicted octanol–water partition coefficient (Wildman–Crippen LogP) is 4.04. The Labute approximate surface area is 120 Å². The number of halogens is 3. The highest BCUT2D eigenvalue weighted by atomic mass is 32.1. The fourth-order valence-corrected chi connectivity index (χ4v) is 2.03. The third-order valence-corrected chi connectivity index (χ3v) is 3.18. The Morgan fingerprint density at radius 2 is 1.90 bits per heavy atom. The van der Waals surface area contributed by atoms with E-state index in [2.05, 4.69) is 4.99 Å². The lowest BCUT2D eigenvalue weighted by Crippen LogP contribution is -2.20. The Bertz CT molecular complexity index is 553. The molecule has 0 heterocycles. The molecule has 106 valence electrons. The Morgan fingerprint density at radius 3 is 2.30 bits per heavy atom. The molecular formula is C14H13F3N2S. The second kappa shape index (κ2) is 6.62. The second-order valence-corrected chi connectivity index (χ2v) is 4.56. The Morgan fingerprint density at radius 1 is 1.35 bits per heavy atom. The Kier molecular flexibility index (Phi) is 5.40. The van der Waals surface area contributed by atoms with E-state index in [4.69, 9.17) is 17.5 Å². The standard InChI is InChI=1S/C14H13F3N2S/c1-3-19-9(2)12(8-18)13(20)10-4-6-11(7-5-10)14(15,16)17/h4-7,12H,3H2,1-2H3. The van der Waals surface area contributed by atoms with Crippen molar-refractivity contribution in [2.45, 2.75) is 20.0 Å². The van der Waals surface area contributed by atoms with Gasteiger partial charge in [0.1, 0.15) is 5.92 Å². The molecule has 0 saturated heterocycles. The molecule has 0 radical (unpaired) electrons. The van der Waals surface area contributed by atoms with Crippen LogP contribution in [-0.2, 0) is 6.18 Å². The Balaban J connectivity index is 3.04. The van der Waals surface area contributed by atoms with E-state index in [1.807, 2.05) is 13.0 Å². The summed E-state index contributed by atoms with van der Waals surface area (Å²) in [6.45, 7) is 4.05. The molecule has 0 aromatic heterocycles. The van der Waals surface area contributed by atoms with Crippen LogP contribution in [0.3, 0.4) is 0 Å². The number of hydrogen-bond donors (Lipinski definition) is 0. The lowest BCUT2D eigenvalue weighted by atomic mass is 9.95. The number of nitrogens with zero attached hydrogens (tertiary/aromatic N) is 2. The molecule has 0 spiro atoms. The van der Waals surface area contributed by atoms with Crippen molar-refractivity contribution in [2.75, 3.05) is 6.54 Å². The minimum atomic E-state index is -4.38. The van der Waals surface area contributed by atoms with Crippen LogP contribution in [0.15, 0.2) is 29.3 Å². The molecule has 0 N–H and O–H groups in total. The van der Waals surface area contributed by atoms with Gasteiger partial charge in [-0.25, -0.2) is 0 Å². The molecule has 0 aliphatic carbocycles. The number of benzene rings is 1. The summed E-state index contributed by atoms with van der Waals surface area (Å²) in [6, 6.07) is 6.53. The molecule has 1 aromatic rings. The third kappa shape index (κ3) is 3.87. The van der Waals surface area contributed by atoms with E-state index in [9.17, 15) is 13.2 Å². The zero-order valence-corrected chi connectivity index (χ0v) is 11.8. The van der Waals surface area contributed by atoms with Crippen molar-refractivity contribution in [3.05, 3.63) is 35.4 Å².